The molecular weight excluding hydrogens is 432 g/mol. The Morgan fingerprint density at radius 1 is 1.03 bits per heavy atom. The van der Waals surface area contributed by atoms with Crippen molar-refractivity contribution in [3.63, 3.8) is 0 Å². The van der Waals surface area contributed by atoms with Gasteiger partial charge in [0.05, 0.1) is 23.9 Å². The third-order valence-corrected chi connectivity index (χ3v) is 7.07. The van der Waals surface area contributed by atoms with E-state index >= 15 is 0 Å². The third kappa shape index (κ3) is 2.99. The van der Waals surface area contributed by atoms with Crippen LogP contribution in [0.15, 0.2) is 54.9 Å². The van der Waals surface area contributed by atoms with Crippen LogP contribution in [0.4, 0.5) is 0 Å². The summed E-state index contributed by atoms with van der Waals surface area (Å²) >= 11 is 0. The first kappa shape index (κ1) is 20.7. The number of ether oxygens (including phenoxy) is 1. The van der Waals surface area contributed by atoms with Gasteiger partial charge in [0.15, 0.2) is 6.73 Å². The fraction of sp³-hybridized carbons (Fsp3) is 0.269. The van der Waals surface area contributed by atoms with Crippen LogP contribution in [-0.2, 0) is 32.1 Å². The van der Waals surface area contributed by atoms with Crippen molar-refractivity contribution in [3.05, 3.63) is 71.5 Å². The molecule has 2 aromatic carbocycles. The van der Waals surface area contributed by atoms with Crippen LogP contribution in [0.25, 0.3) is 21.8 Å². The predicted molar refractivity (Wildman–Crippen MR) is 126 cm³/mol. The number of imide groups is 1. The van der Waals surface area contributed by atoms with Crippen molar-refractivity contribution in [1.82, 2.24) is 14.5 Å². The molecule has 1 saturated heterocycles. The summed E-state index contributed by atoms with van der Waals surface area (Å²) in [5.74, 6) is -2.87. The van der Waals surface area contributed by atoms with E-state index in [1.54, 1.807) is 0 Å². The standard InChI is InChI=1S/C26H24N4O4/c27-11-21(31)34-14-30-25(32)22(18-12-28-20-9-2-1-7-16(18)20)23(26(30)33)19-13-29-10-4-6-15-5-3-8-17(19)24(15)29/h1-3,5,7-9,12-13,22-23,28H,4,6,10-11,14,27H2. The van der Waals surface area contributed by atoms with Crippen molar-refractivity contribution < 1.29 is 19.1 Å². The summed E-state index contributed by atoms with van der Waals surface area (Å²) in [6, 6.07) is 13.9. The Balaban J connectivity index is 1.52. The van der Waals surface area contributed by atoms with Gasteiger partial charge < -0.3 is 20.0 Å². The van der Waals surface area contributed by atoms with Crippen LogP contribution in [0.1, 0.15) is 34.9 Å². The lowest BCUT2D eigenvalue weighted by Gasteiger charge is -2.15. The minimum atomic E-state index is -0.733. The van der Waals surface area contributed by atoms with Gasteiger partial charge in [-0.2, -0.15) is 0 Å². The number of esters is 1. The van der Waals surface area contributed by atoms with Gasteiger partial charge in [-0.15, -0.1) is 0 Å². The van der Waals surface area contributed by atoms with Crippen LogP contribution in [0.2, 0.25) is 0 Å². The zero-order valence-electron chi connectivity index (χ0n) is 18.5. The molecule has 0 spiro atoms. The van der Waals surface area contributed by atoms with Crippen LogP contribution in [0.5, 0.6) is 0 Å². The van der Waals surface area contributed by atoms with Gasteiger partial charge in [0.1, 0.15) is 0 Å². The second kappa shape index (κ2) is 7.85. The number of nitrogens with one attached hydrogen (secondary N) is 1. The number of nitrogens with zero attached hydrogens (tertiary/aromatic N) is 2. The average Bonchev–Trinajstić information content (AvgIpc) is 3.51. The first-order valence-electron chi connectivity index (χ1n) is 11.5. The molecule has 8 heteroatoms. The van der Waals surface area contributed by atoms with Crippen molar-refractivity contribution in [1.29, 1.82) is 0 Å². The fourth-order valence-corrected chi connectivity index (χ4v) is 5.56. The summed E-state index contributed by atoms with van der Waals surface area (Å²) in [7, 11) is 0. The lowest BCUT2D eigenvalue weighted by Crippen LogP contribution is -2.35. The maximum absolute atomic E-state index is 13.8. The van der Waals surface area contributed by atoms with E-state index in [1.807, 2.05) is 48.8 Å². The average molecular weight is 457 g/mol. The van der Waals surface area contributed by atoms with E-state index in [4.69, 9.17) is 10.5 Å². The maximum Gasteiger partial charge on any atom is 0.321 e. The molecule has 1 fully saturated rings. The van der Waals surface area contributed by atoms with Crippen LogP contribution < -0.4 is 5.73 Å². The number of likely N-dealkylation sites (tertiary alicyclic amines) is 1. The van der Waals surface area contributed by atoms with Crippen LogP contribution >= 0.6 is 0 Å². The molecule has 2 aliphatic rings. The molecule has 8 nitrogen and oxygen atoms in total. The summed E-state index contributed by atoms with van der Waals surface area (Å²) in [4.78, 5) is 43.4. The molecule has 0 aliphatic carbocycles. The number of benzene rings is 2. The Bertz CT molecular complexity index is 1470. The fourth-order valence-electron chi connectivity index (χ4n) is 5.56. The van der Waals surface area contributed by atoms with Crippen molar-refractivity contribution in [2.75, 3.05) is 13.3 Å². The summed E-state index contributed by atoms with van der Waals surface area (Å²) in [6.07, 6.45) is 5.86. The number of para-hydroxylation sites is 2. The predicted octanol–water partition coefficient (Wildman–Crippen LogP) is 2.76. The third-order valence-electron chi connectivity index (χ3n) is 7.07. The van der Waals surface area contributed by atoms with Gasteiger partial charge in [-0.1, -0.05) is 36.4 Å². The normalized spacial score (nSPS) is 20.0. The van der Waals surface area contributed by atoms with Crippen molar-refractivity contribution >= 4 is 39.6 Å². The molecule has 4 aromatic rings. The smallest absolute Gasteiger partial charge is 0.321 e. The number of hydrogen-bond donors (Lipinski definition) is 2. The van der Waals surface area contributed by atoms with E-state index in [0.717, 1.165) is 57.2 Å². The van der Waals surface area contributed by atoms with E-state index in [9.17, 15) is 14.4 Å². The number of aryl methyl sites for hydroxylation is 2. The molecule has 172 valence electrons. The summed E-state index contributed by atoms with van der Waals surface area (Å²) in [5.41, 5.74) is 10.2. The Morgan fingerprint density at radius 3 is 2.62 bits per heavy atom. The highest BCUT2D eigenvalue weighted by Gasteiger charge is 2.51. The number of fused-ring (bicyclic) bond motifs is 1. The molecule has 2 aromatic heterocycles. The first-order chi connectivity index (χ1) is 16.6. The molecule has 2 amide bonds. The minimum absolute atomic E-state index is 0.318. The van der Waals surface area contributed by atoms with Crippen LogP contribution in [-0.4, -0.2) is 45.5 Å². The molecule has 0 radical (unpaired) electrons. The van der Waals surface area contributed by atoms with E-state index in [1.165, 1.54) is 5.56 Å². The van der Waals surface area contributed by atoms with Gasteiger partial charge in [0, 0.05) is 35.2 Å². The number of aromatic amines is 1. The van der Waals surface area contributed by atoms with Gasteiger partial charge in [-0.05, 0) is 35.6 Å². The molecule has 4 heterocycles. The molecule has 6 rings (SSSR count). The largest absolute Gasteiger partial charge is 0.443 e. The number of hydrogen-bond acceptors (Lipinski definition) is 5. The number of rotatable bonds is 5. The number of carbonyl (C=O) groups excluding carboxylic acids is 3. The van der Waals surface area contributed by atoms with Gasteiger partial charge in [-0.25, -0.2) is 4.90 Å². The van der Waals surface area contributed by atoms with E-state index < -0.39 is 24.5 Å². The minimum Gasteiger partial charge on any atom is -0.443 e. The van der Waals surface area contributed by atoms with Crippen LogP contribution in [0, 0.1) is 0 Å². The molecule has 2 atom stereocenters. The van der Waals surface area contributed by atoms with Gasteiger partial charge in [0.2, 0.25) is 11.8 Å². The molecule has 0 bridgehead atoms. The Morgan fingerprint density at radius 2 is 1.79 bits per heavy atom. The summed E-state index contributed by atoms with van der Waals surface area (Å²) in [5, 5.41) is 1.89. The van der Waals surface area contributed by atoms with Crippen molar-refractivity contribution in [2.45, 2.75) is 31.2 Å². The number of nitrogens with two attached hydrogens (primary N) is 1. The van der Waals surface area contributed by atoms with Gasteiger partial charge in [0.25, 0.3) is 0 Å². The van der Waals surface area contributed by atoms with E-state index in [-0.39, 0.29) is 18.4 Å². The number of amides is 2. The lowest BCUT2D eigenvalue weighted by atomic mass is 9.83. The highest BCUT2D eigenvalue weighted by Crippen LogP contribution is 2.47. The Kier molecular flexibility index (Phi) is 4.77. The van der Waals surface area contributed by atoms with Crippen LogP contribution in [0.3, 0.4) is 0 Å². The maximum atomic E-state index is 13.8. The molecule has 2 aliphatic heterocycles. The van der Waals surface area contributed by atoms with Gasteiger partial charge in [-0.3, -0.25) is 14.4 Å². The second-order valence-corrected chi connectivity index (χ2v) is 8.89. The molecule has 2 unspecified atom stereocenters. The van der Waals surface area contributed by atoms with E-state index in [2.05, 4.69) is 15.6 Å². The molecular formula is C26H24N4O4. The number of aromatic nitrogens is 2. The summed E-state index contributed by atoms with van der Waals surface area (Å²) < 4.78 is 7.30. The highest BCUT2D eigenvalue weighted by molar-refractivity contribution is 6.13. The molecule has 34 heavy (non-hydrogen) atoms. The quantitative estimate of drug-likeness (QED) is 0.354. The lowest BCUT2D eigenvalue weighted by molar-refractivity contribution is -0.154. The van der Waals surface area contributed by atoms with E-state index in [0.29, 0.717) is 0 Å². The van der Waals surface area contributed by atoms with Gasteiger partial charge >= 0.3 is 5.97 Å². The Hall–Kier alpha value is -3.91. The Labute approximate surface area is 195 Å². The molecule has 3 N–H and O–H groups in total. The topological polar surface area (TPSA) is 110 Å². The first-order valence-corrected chi connectivity index (χ1v) is 11.5. The zero-order chi connectivity index (χ0) is 23.4. The zero-order valence-corrected chi connectivity index (χ0v) is 18.5. The second-order valence-electron chi connectivity index (χ2n) is 8.89. The highest BCUT2D eigenvalue weighted by atomic mass is 16.5. The molecule has 0 saturated carbocycles. The van der Waals surface area contributed by atoms with Crippen molar-refractivity contribution in [2.24, 2.45) is 5.73 Å². The SMILES string of the molecule is NCC(=O)OCN1C(=O)C(c2c[nH]c3ccccc23)C(c2cn3c4c(cccc24)CCC3)C1=O. The number of H-pyrrole nitrogens is 1. The van der Waals surface area contributed by atoms with Crippen molar-refractivity contribution in [3.8, 4) is 0 Å². The summed E-state index contributed by atoms with van der Waals surface area (Å²) in [6.45, 7) is 0.118. The monoisotopic (exact) mass is 456 g/mol. The number of carbonyl (C=O) groups is 3.